The van der Waals surface area contributed by atoms with Crippen molar-refractivity contribution in [3.8, 4) is 0 Å². The van der Waals surface area contributed by atoms with Gasteiger partial charge in [-0.15, -0.1) is 0 Å². The summed E-state index contributed by atoms with van der Waals surface area (Å²) in [5.41, 5.74) is 0. The van der Waals surface area contributed by atoms with Crippen LogP contribution in [0.2, 0.25) is 0 Å². The third-order valence-corrected chi connectivity index (χ3v) is 13.0. The number of aliphatic hydroxyl groups excluding tert-OH is 1. The summed E-state index contributed by atoms with van der Waals surface area (Å²) >= 11 is 0. The van der Waals surface area contributed by atoms with Crippen LogP contribution in [-0.2, 0) is 19.1 Å². The number of aliphatic hydroxyl groups is 1. The summed E-state index contributed by atoms with van der Waals surface area (Å²) in [7, 11) is 0. The van der Waals surface area contributed by atoms with E-state index in [-0.39, 0.29) is 25.2 Å². The second-order valence-corrected chi connectivity index (χ2v) is 20.4. The predicted molar refractivity (Wildman–Crippen MR) is 343 cm³/mol. The van der Waals surface area contributed by atoms with Gasteiger partial charge < -0.3 is 14.6 Å². The molecule has 0 aliphatic carbocycles. The Kier molecular flexibility index (Phi) is 62.5. The fraction of sp³-hybridized carbons (Fsp3) is 0.589. The number of carbonyl (C=O) groups is 2. The lowest BCUT2D eigenvalue weighted by Crippen LogP contribution is -2.28. The zero-order valence-electron chi connectivity index (χ0n) is 50.1. The third kappa shape index (κ3) is 63.8. The van der Waals surface area contributed by atoms with Crippen molar-refractivity contribution in [2.75, 3.05) is 13.2 Å². The van der Waals surface area contributed by atoms with Crippen molar-refractivity contribution in [3.05, 3.63) is 170 Å². The molecule has 0 aliphatic rings. The molecule has 5 heteroatoms. The molecule has 0 aromatic rings. The highest BCUT2D eigenvalue weighted by atomic mass is 16.6. The lowest BCUT2D eigenvalue weighted by molar-refractivity contribution is -0.161. The third-order valence-electron chi connectivity index (χ3n) is 13.0. The van der Waals surface area contributed by atoms with Crippen LogP contribution in [0.15, 0.2) is 170 Å². The van der Waals surface area contributed by atoms with Gasteiger partial charge in [0.15, 0.2) is 6.10 Å². The first-order valence-corrected chi connectivity index (χ1v) is 31.7. The van der Waals surface area contributed by atoms with Gasteiger partial charge in [-0.25, -0.2) is 0 Å². The van der Waals surface area contributed by atoms with Gasteiger partial charge in [-0.05, 0) is 128 Å². The van der Waals surface area contributed by atoms with E-state index in [0.717, 1.165) is 135 Å². The van der Waals surface area contributed by atoms with Crippen molar-refractivity contribution in [2.24, 2.45) is 0 Å². The Balaban J connectivity index is 3.58. The summed E-state index contributed by atoms with van der Waals surface area (Å²) in [6.45, 7) is 3.90. The molecule has 438 valence electrons. The van der Waals surface area contributed by atoms with Crippen molar-refractivity contribution in [2.45, 2.75) is 264 Å². The van der Waals surface area contributed by atoms with E-state index in [1.807, 2.05) is 0 Å². The van der Waals surface area contributed by atoms with Crippen LogP contribution in [-0.4, -0.2) is 36.4 Å². The molecule has 0 saturated heterocycles. The largest absolute Gasteiger partial charge is 0.462 e. The van der Waals surface area contributed by atoms with Crippen LogP contribution in [0.1, 0.15) is 258 Å². The zero-order chi connectivity index (χ0) is 56.2. The van der Waals surface area contributed by atoms with Gasteiger partial charge in [0.25, 0.3) is 0 Å². The van der Waals surface area contributed by atoms with Crippen molar-refractivity contribution < 1.29 is 24.2 Å². The summed E-state index contributed by atoms with van der Waals surface area (Å²) < 4.78 is 10.7. The molecule has 0 amide bonds. The van der Waals surface area contributed by atoms with E-state index in [9.17, 15) is 14.7 Å². The van der Waals surface area contributed by atoms with Gasteiger partial charge in [0.05, 0.1) is 6.61 Å². The van der Waals surface area contributed by atoms with Crippen LogP contribution in [0.4, 0.5) is 0 Å². The van der Waals surface area contributed by atoms with E-state index in [1.54, 1.807) is 0 Å². The summed E-state index contributed by atoms with van der Waals surface area (Å²) in [4.78, 5) is 24.6. The van der Waals surface area contributed by atoms with Gasteiger partial charge in [0.1, 0.15) is 6.61 Å². The Morgan fingerprint density at radius 1 is 0.295 bits per heavy atom. The molecule has 0 bridgehead atoms. The number of ether oxygens (including phenoxy) is 2. The SMILES string of the molecule is CC/C=C\C/C=C\C/C=C\C/C=C\C/C=C\C/C=C\C/C=C\CCCCCCCCCCCCCCCC(=O)OC(CO)COC(=O)CCCCCCCCC/C=C\C/C=C\C/C=C\C/C=C\C/C=C\C/C=C\C/C=C\CC. The van der Waals surface area contributed by atoms with E-state index < -0.39 is 6.10 Å². The molecular formula is C73H116O5. The summed E-state index contributed by atoms with van der Waals surface area (Å²) in [6.07, 6.45) is 103. The van der Waals surface area contributed by atoms with Crippen molar-refractivity contribution in [3.63, 3.8) is 0 Å². The Labute approximate surface area is 481 Å². The maximum Gasteiger partial charge on any atom is 0.306 e. The Morgan fingerprint density at radius 2 is 0.513 bits per heavy atom. The van der Waals surface area contributed by atoms with Gasteiger partial charge >= 0.3 is 11.9 Å². The number of hydrogen-bond acceptors (Lipinski definition) is 5. The molecule has 0 saturated carbocycles. The molecule has 0 fully saturated rings. The highest BCUT2D eigenvalue weighted by molar-refractivity contribution is 5.70. The minimum absolute atomic E-state index is 0.0820. The first-order chi connectivity index (χ1) is 38.6. The van der Waals surface area contributed by atoms with Gasteiger partial charge in [0, 0.05) is 12.8 Å². The van der Waals surface area contributed by atoms with Crippen LogP contribution in [0.25, 0.3) is 0 Å². The van der Waals surface area contributed by atoms with E-state index >= 15 is 0 Å². The second kappa shape index (κ2) is 66.5. The first-order valence-electron chi connectivity index (χ1n) is 31.7. The fourth-order valence-corrected chi connectivity index (χ4v) is 8.34. The van der Waals surface area contributed by atoms with E-state index in [0.29, 0.717) is 12.8 Å². The molecule has 5 nitrogen and oxygen atoms in total. The molecule has 1 unspecified atom stereocenters. The lowest BCUT2D eigenvalue weighted by Gasteiger charge is -2.15. The quantitative estimate of drug-likeness (QED) is 0.0373. The molecular weight excluding hydrogens is 957 g/mol. The summed E-state index contributed by atoms with van der Waals surface area (Å²) in [5.74, 6) is -0.612. The average molecular weight is 1070 g/mol. The lowest BCUT2D eigenvalue weighted by atomic mass is 10.0. The van der Waals surface area contributed by atoms with Gasteiger partial charge in [0.2, 0.25) is 0 Å². The molecule has 1 atom stereocenters. The van der Waals surface area contributed by atoms with Crippen LogP contribution in [0.5, 0.6) is 0 Å². The fourth-order valence-electron chi connectivity index (χ4n) is 8.34. The zero-order valence-corrected chi connectivity index (χ0v) is 50.1. The van der Waals surface area contributed by atoms with Crippen LogP contribution < -0.4 is 0 Å². The normalized spacial score (nSPS) is 13.4. The molecule has 0 rings (SSSR count). The van der Waals surface area contributed by atoms with Crippen LogP contribution in [0, 0.1) is 0 Å². The standard InChI is InChI=1S/C73H116O5/c1-3-5-7-9-11-13-15-17-19-21-23-25-27-29-31-33-34-35-36-37-38-40-42-44-46-48-50-52-54-56-58-60-62-64-66-68-73(76)78-71(69-74)70-77-72(75)67-65-63-61-59-57-55-53-51-49-47-45-43-41-39-32-30-28-26-24-22-20-18-16-14-12-10-8-6-4-2/h5-8,11-14,17-20,23-26,29-32,34-35,37-38,41,43,47,49,71,74H,3-4,9-10,15-16,21-22,27-28,33,36,39-40,42,44-46,48,50-70H2,1-2H3/b7-5-,8-6-,13-11-,14-12-,19-17-,20-18-,25-23-,26-24-,31-29-,32-30-,35-34-,38-37-,43-41-,49-47-. The monoisotopic (exact) mass is 1070 g/mol. The number of unbranched alkanes of at least 4 members (excludes halogenated alkanes) is 20. The highest BCUT2D eigenvalue weighted by Gasteiger charge is 2.16. The Hall–Kier alpha value is -4.74. The molecule has 0 aromatic carbocycles. The number of rotatable bonds is 56. The number of esters is 2. The number of carbonyl (C=O) groups excluding carboxylic acids is 2. The maximum atomic E-state index is 12.3. The predicted octanol–water partition coefficient (Wildman–Crippen LogP) is 22.1. The topological polar surface area (TPSA) is 72.8 Å². The van der Waals surface area contributed by atoms with Crippen LogP contribution in [0.3, 0.4) is 0 Å². The number of allylic oxidation sites excluding steroid dienone is 28. The first kappa shape index (κ1) is 73.3. The van der Waals surface area contributed by atoms with Crippen molar-refractivity contribution in [1.82, 2.24) is 0 Å². The van der Waals surface area contributed by atoms with Gasteiger partial charge in [-0.1, -0.05) is 287 Å². The summed E-state index contributed by atoms with van der Waals surface area (Å²) in [5, 5.41) is 9.69. The maximum absolute atomic E-state index is 12.3. The number of hydrogen-bond donors (Lipinski definition) is 1. The molecule has 0 aromatic heterocycles. The van der Waals surface area contributed by atoms with Gasteiger partial charge in [-0.2, -0.15) is 0 Å². The van der Waals surface area contributed by atoms with Crippen molar-refractivity contribution in [1.29, 1.82) is 0 Å². The smallest absolute Gasteiger partial charge is 0.306 e. The second-order valence-electron chi connectivity index (χ2n) is 20.4. The van der Waals surface area contributed by atoms with Crippen LogP contribution >= 0.6 is 0 Å². The van der Waals surface area contributed by atoms with Crippen molar-refractivity contribution >= 4 is 11.9 Å². The molecule has 0 radical (unpaired) electrons. The average Bonchev–Trinajstić information content (AvgIpc) is 3.44. The summed E-state index contributed by atoms with van der Waals surface area (Å²) in [6, 6.07) is 0. The molecule has 1 N–H and O–H groups in total. The molecule has 0 heterocycles. The van der Waals surface area contributed by atoms with Gasteiger partial charge in [-0.3, -0.25) is 9.59 Å². The van der Waals surface area contributed by atoms with E-state index in [2.05, 4.69) is 184 Å². The highest BCUT2D eigenvalue weighted by Crippen LogP contribution is 2.15. The Bertz CT molecular complexity index is 1740. The Morgan fingerprint density at radius 3 is 0.769 bits per heavy atom. The van der Waals surface area contributed by atoms with E-state index in [4.69, 9.17) is 9.47 Å². The van der Waals surface area contributed by atoms with E-state index in [1.165, 1.54) is 96.3 Å². The molecule has 78 heavy (non-hydrogen) atoms. The minimum atomic E-state index is -0.791. The minimum Gasteiger partial charge on any atom is -0.462 e. The molecule has 0 aliphatic heterocycles. The molecule has 0 spiro atoms.